The predicted octanol–water partition coefficient (Wildman–Crippen LogP) is 4.21. The number of carbonyl (C=O) groups excluding carboxylic acids is 3. The number of nitrogens with zero attached hydrogens (tertiary/aromatic N) is 4. The molecule has 5 aromatic rings. The molecule has 0 saturated carbocycles. The number of carbonyl (C=O) groups is 3. The minimum absolute atomic E-state index is 0.249. The van der Waals surface area contributed by atoms with Gasteiger partial charge in [-0.05, 0) is 36.4 Å². The van der Waals surface area contributed by atoms with Crippen molar-refractivity contribution in [2.45, 2.75) is 24.5 Å². The smallest absolute Gasteiger partial charge is 0.338 e. The molecule has 6 rings (SSSR count). The van der Waals surface area contributed by atoms with Gasteiger partial charge in [0.2, 0.25) is 0 Å². The van der Waals surface area contributed by atoms with Crippen LogP contribution in [0.25, 0.3) is 5.65 Å². The Balaban J connectivity index is 1.38. The largest absolute Gasteiger partial charge is 0.459 e. The van der Waals surface area contributed by atoms with Crippen molar-refractivity contribution in [3.63, 3.8) is 0 Å². The van der Waals surface area contributed by atoms with Gasteiger partial charge in [-0.3, -0.25) is 0 Å². The Morgan fingerprint density at radius 3 is 1.86 bits per heavy atom. The number of ether oxygens (including phenoxy) is 4. The van der Waals surface area contributed by atoms with Crippen molar-refractivity contribution in [1.29, 1.82) is 5.26 Å². The molecule has 1 fully saturated rings. The zero-order valence-electron chi connectivity index (χ0n) is 22.6. The van der Waals surface area contributed by atoms with Gasteiger partial charge in [-0.1, -0.05) is 54.6 Å². The lowest BCUT2D eigenvalue weighted by molar-refractivity contribution is -0.0604. The first-order valence-electron chi connectivity index (χ1n) is 13.4. The van der Waals surface area contributed by atoms with E-state index in [4.69, 9.17) is 18.9 Å². The average Bonchev–Trinajstić information content (AvgIpc) is 3.75. The van der Waals surface area contributed by atoms with E-state index in [2.05, 4.69) is 11.2 Å². The van der Waals surface area contributed by atoms with Gasteiger partial charge in [0, 0.05) is 12.4 Å². The van der Waals surface area contributed by atoms with Crippen molar-refractivity contribution in [1.82, 2.24) is 14.2 Å². The van der Waals surface area contributed by atoms with Crippen LogP contribution in [-0.4, -0.2) is 57.0 Å². The van der Waals surface area contributed by atoms with E-state index in [0.717, 1.165) is 0 Å². The molecule has 3 aromatic carbocycles. The number of rotatable bonds is 8. The van der Waals surface area contributed by atoms with Crippen molar-refractivity contribution in [2.75, 3.05) is 6.61 Å². The van der Waals surface area contributed by atoms with Crippen LogP contribution in [0.15, 0.2) is 110 Å². The summed E-state index contributed by atoms with van der Waals surface area (Å²) in [5.41, 5.74) is 1.49. The van der Waals surface area contributed by atoms with Crippen LogP contribution in [0.3, 0.4) is 0 Å². The van der Waals surface area contributed by atoms with E-state index in [1.54, 1.807) is 108 Å². The maximum absolute atomic E-state index is 13.3. The molecule has 43 heavy (non-hydrogen) atoms. The number of esters is 3. The number of aromatic nitrogens is 3. The monoisotopic (exact) mass is 576 g/mol. The standard InChI is InChI=1S/C32H24N4O7/c33-18-24-19-34-36-17-16-35(28(24)36)29-27(43-32(39)23-14-8-3-9-15-23)26(42-31(38)22-12-6-2-7-13-22)25(41-29)20-40-30(37)21-10-4-1-5-11-21/h1-17,19,25-27,29H,20H2/t25-,26-,27-,29+/m0/s1. The van der Waals surface area contributed by atoms with Gasteiger partial charge in [0.1, 0.15) is 24.3 Å². The molecule has 11 nitrogen and oxygen atoms in total. The van der Waals surface area contributed by atoms with Gasteiger partial charge in [-0.25, -0.2) is 18.9 Å². The minimum atomic E-state index is -1.21. The Kier molecular flexibility index (Phi) is 7.67. The molecule has 0 unspecified atom stereocenters. The normalized spacial score (nSPS) is 19.4. The summed E-state index contributed by atoms with van der Waals surface area (Å²) in [6.07, 6.45) is 0.0910. The average molecular weight is 577 g/mol. The van der Waals surface area contributed by atoms with Crippen LogP contribution in [0, 0.1) is 11.3 Å². The Morgan fingerprint density at radius 2 is 1.30 bits per heavy atom. The zero-order chi connectivity index (χ0) is 29.8. The highest BCUT2D eigenvalue weighted by molar-refractivity contribution is 5.91. The number of hydrogen-bond donors (Lipinski definition) is 0. The Morgan fingerprint density at radius 1 is 0.767 bits per heavy atom. The quantitative estimate of drug-likeness (QED) is 0.197. The second kappa shape index (κ2) is 12.0. The molecule has 0 bridgehead atoms. The van der Waals surface area contributed by atoms with Gasteiger partial charge in [0.25, 0.3) is 0 Å². The molecule has 1 saturated heterocycles. The second-order valence-electron chi connectivity index (χ2n) is 9.65. The summed E-state index contributed by atoms with van der Waals surface area (Å²) in [4.78, 5) is 39.4. The molecule has 3 heterocycles. The Hall–Kier alpha value is -5.73. The van der Waals surface area contributed by atoms with E-state index in [9.17, 15) is 19.6 Å². The van der Waals surface area contributed by atoms with Gasteiger partial charge in [0.15, 0.2) is 24.1 Å². The molecule has 2 aromatic heterocycles. The molecule has 214 valence electrons. The highest BCUT2D eigenvalue weighted by Gasteiger charge is 2.51. The summed E-state index contributed by atoms with van der Waals surface area (Å²) >= 11 is 0. The zero-order valence-corrected chi connectivity index (χ0v) is 22.6. The van der Waals surface area contributed by atoms with Crippen LogP contribution in [0.4, 0.5) is 0 Å². The lowest BCUT2D eigenvalue weighted by atomic mass is 10.1. The van der Waals surface area contributed by atoms with Crippen LogP contribution in [0.1, 0.15) is 42.9 Å². The first kappa shape index (κ1) is 27.4. The number of benzene rings is 3. The minimum Gasteiger partial charge on any atom is -0.459 e. The molecule has 1 aliphatic heterocycles. The van der Waals surface area contributed by atoms with E-state index in [1.165, 1.54) is 10.7 Å². The molecule has 0 aliphatic carbocycles. The van der Waals surface area contributed by atoms with Gasteiger partial charge < -0.3 is 23.5 Å². The second-order valence-corrected chi connectivity index (χ2v) is 9.65. The van der Waals surface area contributed by atoms with Crippen LogP contribution in [0.2, 0.25) is 0 Å². The van der Waals surface area contributed by atoms with Crippen molar-refractivity contribution < 1.29 is 33.3 Å². The van der Waals surface area contributed by atoms with E-state index < -0.39 is 42.4 Å². The van der Waals surface area contributed by atoms with Crippen LogP contribution < -0.4 is 0 Å². The molecule has 1 aliphatic rings. The number of hydrogen-bond acceptors (Lipinski definition) is 9. The fraction of sp³-hybridized carbons (Fsp3) is 0.156. The van der Waals surface area contributed by atoms with Crippen molar-refractivity contribution in [3.05, 3.63) is 132 Å². The van der Waals surface area contributed by atoms with Gasteiger partial charge in [-0.15, -0.1) is 0 Å². The maximum Gasteiger partial charge on any atom is 0.338 e. The van der Waals surface area contributed by atoms with E-state index >= 15 is 0 Å². The number of fused-ring (bicyclic) bond motifs is 1. The number of imidazole rings is 1. The van der Waals surface area contributed by atoms with E-state index in [1.807, 2.05) is 0 Å². The van der Waals surface area contributed by atoms with Crippen molar-refractivity contribution >= 4 is 23.6 Å². The Labute approximate surface area is 245 Å². The molecule has 0 radical (unpaired) electrons. The summed E-state index contributed by atoms with van der Waals surface area (Å²) in [6, 6.07) is 27.2. The molecule has 0 amide bonds. The summed E-state index contributed by atoms with van der Waals surface area (Å²) in [7, 11) is 0. The van der Waals surface area contributed by atoms with Crippen molar-refractivity contribution in [3.8, 4) is 6.07 Å². The van der Waals surface area contributed by atoms with E-state index in [-0.39, 0.29) is 23.3 Å². The third-order valence-electron chi connectivity index (χ3n) is 6.96. The van der Waals surface area contributed by atoms with Gasteiger partial charge in [0.05, 0.1) is 22.9 Å². The fourth-order valence-electron chi connectivity index (χ4n) is 4.89. The first-order valence-corrected chi connectivity index (χ1v) is 13.4. The van der Waals surface area contributed by atoms with Gasteiger partial charge in [-0.2, -0.15) is 10.4 Å². The topological polar surface area (TPSA) is 134 Å². The highest BCUT2D eigenvalue weighted by Crippen LogP contribution is 2.37. The SMILES string of the molecule is N#Cc1cnn2ccn([C@@H]3O[C@@H](COC(=O)c4ccccc4)[C@H](OC(=O)c4ccccc4)[C@@H]3OC(=O)c3ccccc3)c12. The van der Waals surface area contributed by atoms with Crippen LogP contribution in [-0.2, 0) is 18.9 Å². The summed E-state index contributed by atoms with van der Waals surface area (Å²) in [6.45, 7) is -0.321. The van der Waals surface area contributed by atoms with Crippen LogP contribution >= 0.6 is 0 Å². The highest BCUT2D eigenvalue weighted by atomic mass is 16.7. The maximum atomic E-state index is 13.3. The molecular formula is C32H24N4O7. The van der Waals surface area contributed by atoms with Crippen LogP contribution in [0.5, 0.6) is 0 Å². The fourth-order valence-corrected chi connectivity index (χ4v) is 4.89. The van der Waals surface area contributed by atoms with Gasteiger partial charge >= 0.3 is 17.9 Å². The molecule has 0 N–H and O–H groups in total. The predicted molar refractivity (Wildman–Crippen MR) is 150 cm³/mol. The Bertz CT molecular complexity index is 1800. The molecule has 0 spiro atoms. The molecule has 11 heteroatoms. The lowest BCUT2D eigenvalue weighted by Crippen LogP contribution is -2.41. The first-order chi connectivity index (χ1) is 21.0. The third kappa shape index (κ3) is 5.59. The summed E-state index contributed by atoms with van der Waals surface area (Å²) < 4.78 is 26.9. The summed E-state index contributed by atoms with van der Waals surface area (Å²) in [5.74, 6) is -1.97. The van der Waals surface area contributed by atoms with E-state index in [0.29, 0.717) is 11.2 Å². The third-order valence-corrected chi connectivity index (χ3v) is 6.96. The van der Waals surface area contributed by atoms with Crippen molar-refractivity contribution in [2.24, 2.45) is 0 Å². The lowest BCUT2D eigenvalue weighted by Gasteiger charge is -2.25. The summed E-state index contributed by atoms with van der Waals surface area (Å²) in [5, 5.41) is 13.9. The molecule has 4 atom stereocenters. The number of nitriles is 1. The molecular weight excluding hydrogens is 552 g/mol.